The fraction of sp³-hybridized carbons (Fsp3) is 0.111. The van der Waals surface area contributed by atoms with Crippen LogP contribution in [0.25, 0.3) is 10.4 Å². The summed E-state index contributed by atoms with van der Waals surface area (Å²) in [4.78, 5) is 25.8. The highest BCUT2D eigenvalue weighted by molar-refractivity contribution is 7.15. The van der Waals surface area contributed by atoms with Crippen LogP contribution in [0.4, 0.5) is 10.1 Å². The molecule has 2 N–H and O–H groups in total. The van der Waals surface area contributed by atoms with E-state index in [1.807, 2.05) is 18.2 Å². The van der Waals surface area contributed by atoms with E-state index in [-0.39, 0.29) is 10.7 Å². The SMILES string of the molecule is O=C(NCCc1ccc(-c2ccoc2)s1)C(=O)Nc1ccc(F)c(Cl)c1. The molecule has 8 heteroatoms. The van der Waals surface area contributed by atoms with Gasteiger partial charge >= 0.3 is 11.8 Å². The van der Waals surface area contributed by atoms with Gasteiger partial charge in [-0.05, 0) is 42.8 Å². The number of hydrogen-bond donors (Lipinski definition) is 2. The van der Waals surface area contributed by atoms with Crippen molar-refractivity contribution in [1.29, 1.82) is 0 Å². The van der Waals surface area contributed by atoms with Crippen molar-refractivity contribution in [2.75, 3.05) is 11.9 Å². The van der Waals surface area contributed by atoms with Crippen molar-refractivity contribution in [1.82, 2.24) is 5.32 Å². The van der Waals surface area contributed by atoms with Crippen LogP contribution >= 0.6 is 22.9 Å². The molecule has 2 amide bonds. The molecule has 1 aromatic carbocycles. The van der Waals surface area contributed by atoms with Crippen molar-refractivity contribution in [3.63, 3.8) is 0 Å². The van der Waals surface area contributed by atoms with Gasteiger partial charge in [0.1, 0.15) is 5.82 Å². The van der Waals surface area contributed by atoms with Gasteiger partial charge in [-0.2, -0.15) is 0 Å². The van der Waals surface area contributed by atoms with Gasteiger partial charge in [0.2, 0.25) is 0 Å². The number of amides is 2. The maximum absolute atomic E-state index is 13.1. The summed E-state index contributed by atoms with van der Waals surface area (Å²) < 4.78 is 18.1. The third-order valence-electron chi connectivity index (χ3n) is 3.51. The molecule has 0 spiro atoms. The molecule has 0 saturated carbocycles. The predicted molar refractivity (Wildman–Crippen MR) is 98.8 cm³/mol. The van der Waals surface area contributed by atoms with Crippen molar-refractivity contribution >= 4 is 40.4 Å². The van der Waals surface area contributed by atoms with Gasteiger partial charge in [-0.15, -0.1) is 11.3 Å². The first-order chi connectivity index (χ1) is 12.5. The Bertz CT molecular complexity index is 924. The molecule has 0 fully saturated rings. The van der Waals surface area contributed by atoms with Crippen LogP contribution in [-0.2, 0) is 16.0 Å². The Kier molecular flexibility index (Phi) is 5.70. The number of carbonyl (C=O) groups excluding carboxylic acids is 2. The largest absolute Gasteiger partial charge is 0.472 e. The minimum Gasteiger partial charge on any atom is -0.472 e. The van der Waals surface area contributed by atoms with Gasteiger partial charge in [-0.3, -0.25) is 9.59 Å². The number of rotatable bonds is 5. The molecule has 0 saturated heterocycles. The lowest BCUT2D eigenvalue weighted by molar-refractivity contribution is -0.136. The van der Waals surface area contributed by atoms with E-state index in [9.17, 15) is 14.0 Å². The first-order valence-corrected chi connectivity index (χ1v) is 8.88. The standard InChI is InChI=1S/C18H14ClFN2O3S/c19-14-9-12(1-3-15(14)20)22-18(24)17(23)21-7-5-13-2-4-16(26-13)11-6-8-25-10-11/h1-4,6,8-10H,5,7H2,(H,21,23)(H,22,24). The molecule has 3 aromatic rings. The van der Waals surface area contributed by atoms with E-state index in [1.54, 1.807) is 23.9 Å². The minimum atomic E-state index is -0.835. The van der Waals surface area contributed by atoms with E-state index in [1.165, 1.54) is 12.1 Å². The number of thiophene rings is 1. The minimum absolute atomic E-state index is 0.130. The van der Waals surface area contributed by atoms with Gasteiger partial charge in [0.15, 0.2) is 0 Å². The van der Waals surface area contributed by atoms with Crippen LogP contribution in [0.1, 0.15) is 4.88 Å². The number of benzene rings is 1. The van der Waals surface area contributed by atoms with Gasteiger partial charge in [0, 0.05) is 27.5 Å². The Labute approximate surface area is 157 Å². The van der Waals surface area contributed by atoms with Crippen LogP contribution in [0.2, 0.25) is 5.02 Å². The second-order valence-electron chi connectivity index (χ2n) is 5.37. The molecule has 0 atom stereocenters. The number of anilines is 1. The molecule has 5 nitrogen and oxygen atoms in total. The Morgan fingerprint density at radius 1 is 1.15 bits per heavy atom. The zero-order valence-electron chi connectivity index (χ0n) is 13.4. The monoisotopic (exact) mass is 392 g/mol. The van der Waals surface area contributed by atoms with Gasteiger partial charge in [-0.1, -0.05) is 11.6 Å². The Morgan fingerprint density at radius 2 is 2.00 bits per heavy atom. The maximum Gasteiger partial charge on any atom is 0.313 e. The van der Waals surface area contributed by atoms with E-state index in [0.29, 0.717) is 13.0 Å². The van der Waals surface area contributed by atoms with Crippen LogP contribution in [0.3, 0.4) is 0 Å². The van der Waals surface area contributed by atoms with Gasteiger partial charge in [-0.25, -0.2) is 4.39 Å². The van der Waals surface area contributed by atoms with Crippen LogP contribution in [-0.4, -0.2) is 18.4 Å². The summed E-state index contributed by atoms with van der Waals surface area (Å²) >= 11 is 7.23. The summed E-state index contributed by atoms with van der Waals surface area (Å²) in [5.74, 6) is -2.20. The highest BCUT2D eigenvalue weighted by atomic mass is 35.5. The van der Waals surface area contributed by atoms with Gasteiger partial charge in [0.05, 0.1) is 17.5 Å². The van der Waals surface area contributed by atoms with E-state index >= 15 is 0 Å². The van der Waals surface area contributed by atoms with Crippen molar-refractivity contribution in [3.05, 3.63) is 64.6 Å². The van der Waals surface area contributed by atoms with Gasteiger partial charge in [0.25, 0.3) is 0 Å². The summed E-state index contributed by atoms with van der Waals surface area (Å²) in [5.41, 5.74) is 1.25. The lowest BCUT2D eigenvalue weighted by atomic mass is 10.2. The number of carbonyl (C=O) groups is 2. The lowest BCUT2D eigenvalue weighted by Crippen LogP contribution is -2.36. The van der Waals surface area contributed by atoms with Crippen LogP contribution in [0.5, 0.6) is 0 Å². The highest BCUT2D eigenvalue weighted by Crippen LogP contribution is 2.28. The predicted octanol–water partition coefficient (Wildman–Crippen LogP) is 4.10. The average Bonchev–Trinajstić information content (AvgIpc) is 3.29. The molecule has 3 rings (SSSR count). The molecule has 0 aliphatic carbocycles. The molecule has 134 valence electrons. The lowest BCUT2D eigenvalue weighted by Gasteiger charge is -2.06. The quantitative estimate of drug-likeness (QED) is 0.642. The second kappa shape index (κ2) is 8.16. The Morgan fingerprint density at radius 3 is 2.73 bits per heavy atom. The van der Waals surface area contributed by atoms with Crippen LogP contribution in [0, 0.1) is 5.82 Å². The van der Waals surface area contributed by atoms with E-state index < -0.39 is 17.6 Å². The number of hydrogen-bond acceptors (Lipinski definition) is 4. The molecule has 26 heavy (non-hydrogen) atoms. The number of furan rings is 1. The fourth-order valence-corrected chi connectivity index (χ4v) is 3.39. The summed E-state index contributed by atoms with van der Waals surface area (Å²) in [5, 5.41) is 4.79. The number of nitrogens with one attached hydrogen (secondary N) is 2. The highest BCUT2D eigenvalue weighted by Gasteiger charge is 2.14. The first kappa shape index (κ1) is 18.2. The molecule has 0 radical (unpaired) electrons. The molecule has 2 aromatic heterocycles. The summed E-state index contributed by atoms with van der Waals surface area (Å²) in [6, 6.07) is 9.52. The maximum atomic E-state index is 13.1. The summed E-state index contributed by atoms with van der Waals surface area (Å²) in [6.45, 7) is 0.321. The smallest absolute Gasteiger partial charge is 0.313 e. The van der Waals surface area contributed by atoms with Crippen molar-refractivity contribution < 1.29 is 18.4 Å². The van der Waals surface area contributed by atoms with Crippen molar-refractivity contribution in [3.8, 4) is 10.4 Å². The third kappa shape index (κ3) is 4.50. The zero-order valence-corrected chi connectivity index (χ0v) is 15.0. The topological polar surface area (TPSA) is 71.3 Å². The number of halogens is 2. The van der Waals surface area contributed by atoms with E-state index in [0.717, 1.165) is 21.4 Å². The van der Waals surface area contributed by atoms with Crippen LogP contribution < -0.4 is 10.6 Å². The fourth-order valence-electron chi connectivity index (χ4n) is 2.21. The summed E-state index contributed by atoms with van der Waals surface area (Å²) in [6.07, 6.45) is 3.88. The molecule has 0 aliphatic rings. The van der Waals surface area contributed by atoms with E-state index in [2.05, 4.69) is 10.6 Å². The molecule has 0 unspecified atom stereocenters. The van der Waals surface area contributed by atoms with Crippen LogP contribution in [0.15, 0.2) is 53.3 Å². The normalized spacial score (nSPS) is 10.5. The third-order valence-corrected chi connectivity index (χ3v) is 4.99. The van der Waals surface area contributed by atoms with Crippen molar-refractivity contribution in [2.24, 2.45) is 0 Å². The molecular formula is C18H14ClFN2O3S. The van der Waals surface area contributed by atoms with E-state index in [4.69, 9.17) is 16.0 Å². The van der Waals surface area contributed by atoms with Gasteiger partial charge < -0.3 is 15.1 Å². The Balaban J connectivity index is 1.47. The first-order valence-electron chi connectivity index (χ1n) is 7.68. The average molecular weight is 393 g/mol. The summed E-state index contributed by atoms with van der Waals surface area (Å²) in [7, 11) is 0. The second-order valence-corrected chi connectivity index (χ2v) is 6.94. The van der Waals surface area contributed by atoms with Crippen molar-refractivity contribution in [2.45, 2.75) is 6.42 Å². The molecule has 0 aliphatic heterocycles. The Hall–Kier alpha value is -2.64. The zero-order chi connectivity index (χ0) is 18.5. The molecule has 2 heterocycles. The molecule has 0 bridgehead atoms. The molecular weight excluding hydrogens is 379 g/mol.